The van der Waals surface area contributed by atoms with Crippen LogP contribution in [0.15, 0.2) is 12.7 Å². The van der Waals surface area contributed by atoms with Crippen molar-refractivity contribution < 1.29 is 13.9 Å². The molecule has 19 heavy (non-hydrogen) atoms. The Morgan fingerprint density at radius 1 is 1.42 bits per heavy atom. The van der Waals surface area contributed by atoms with E-state index in [0.717, 1.165) is 6.42 Å². The Labute approximate surface area is 119 Å². The summed E-state index contributed by atoms with van der Waals surface area (Å²) in [4.78, 5) is 0. The summed E-state index contributed by atoms with van der Waals surface area (Å²) in [6, 6.07) is 0. The summed E-state index contributed by atoms with van der Waals surface area (Å²) in [7, 11) is -1.80. The van der Waals surface area contributed by atoms with Crippen LogP contribution in [0.5, 0.6) is 0 Å². The quantitative estimate of drug-likeness (QED) is 0.562. The summed E-state index contributed by atoms with van der Waals surface area (Å²) in [6.07, 6.45) is 2.76. The van der Waals surface area contributed by atoms with Gasteiger partial charge in [-0.15, -0.1) is 6.58 Å². The lowest BCUT2D eigenvalue weighted by Gasteiger charge is -2.40. The van der Waals surface area contributed by atoms with Crippen LogP contribution in [0.3, 0.4) is 0 Å². The SMILES string of the molecule is C=CCC(O[Si](C)(C)C(C)(C)C)[C@H]1COC(C)(C)O1. The summed E-state index contributed by atoms with van der Waals surface area (Å²) >= 11 is 0. The Balaban J connectivity index is 2.77. The average Bonchev–Trinajstić information content (AvgIpc) is 2.56. The fraction of sp³-hybridized carbons (Fsp3) is 0.867. The van der Waals surface area contributed by atoms with Crippen molar-refractivity contribution in [1.82, 2.24) is 0 Å². The highest BCUT2D eigenvalue weighted by Crippen LogP contribution is 2.39. The lowest BCUT2D eigenvalue weighted by Crippen LogP contribution is -2.47. The van der Waals surface area contributed by atoms with E-state index in [9.17, 15) is 0 Å². The van der Waals surface area contributed by atoms with Gasteiger partial charge in [-0.3, -0.25) is 0 Å². The smallest absolute Gasteiger partial charge is 0.192 e. The zero-order valence-electron chi connectivity index (χ0n) is 13.6. The van der Waals surface area contributed by atoms with Crippen LogP contribution >= 0.6 is 0 Å². The molecule has 0 radical (unpaired) electrons. The number of hydrogen-bond donors (Lipinski definition) is 0. The van der Waals surface area contributed by atoms with E-state index in [1.54, 1.807) is 0 Å². The maximum absolute atomic E-state index is 6.48. The van der Waals surface area contributed by atoms with Crippen LogP contribution in [0, 0.1) is 0 Å². The van der Waals surface area contributed by atoms with Crippen molar-refractivity contribution in [3.63, 3.8) is 0 Å². The maximum atomic E-state index is 6.48. The van der Waals surface area contributed by atoms with Crippen LogP contribution in [-0.2, 0) is 13.9 Å². The van der Waals surface area contributed by atoms with Crippen LogP contribution < -0.4 is 0 Å². The molecule has 0 bridgehead atoms. The molecule has 0 N–H and O–H groups in total. The van der Waals surface area contributed by atoms with Crippen LogP contribution in [-0.4, -0.2) is 32.9 Å². The Bertz CT molecular complexity index is 318. The van der Waals surface area contributed by atoms with Crippen LogP contribution in [0.1, 0.15) is 41.0 Å². The van der Waals surface area contributed by atoms with Gasteiger partial charge in [0.05, 0.1) is 12.7 Å². The van der Waals surface area contributed by atoms with Gasteiger partial charge >= 0.3 is 0 Å². The second kappa shape index (κ2) is 5.68. The van der Waals surface area contributed by atoms with E-state index in [4.69, 9.17) is 13.9 Å². The molecule has 1 saturated heterocycles. The monoisotopic (exact) mass is 286 g/mol. The standard InChI is InChI=1S/C15H30O3Si/c1-9-10-12(13-11-16-15(5,6)17-13)18-19(7,8)14(2,3)4/h9,12-13H,1,10-11H2,2-8H3/t12?,13-/m1/s1. The first kappa shape index (κ1) is 16.9. The predicted molar refractivity (Wildman–Crippen MR) is 81.8 cm³/mol. The molecule has 0 spiro atoms. The van der Waals surface area contributed by atoms with E-state index < -0.39 is 14.1 Å². The van der Waals surface area contributed by atoms with E-state index >= 15 is 0 Å². The zero-order chi connectivity index (χ0) is 14.9. The Hall–Kier alpha value is -0.163. The van der Waals surface area contributed by atoms with Gasteiger partial charge in [0.1, 0.15) is 6.10 Å². The van der Waals surface area contributed by atoms with E-state index in [2.05, 4.69) is 40.4 Å². The van der Waals surface area contributed by atoms with Crippen LogP contribution in [0.4, 0.5) is 0 Å². The zero-order valence-corrected chi connectivity index (χ0v) is 14.6. The highest BCUT2D eigenvalue weighted by atomic mass is 28.4. The van der Waals surface area contributed by atoms with Gasteiger partial charge in [0.15, 0.2) is 14.1 Å². The Kier molecular flexibility index (Phi) is 5.05. The van der Waals surface area contributed by atoms with Crippen molar-refractivity contribution in [1.29, 1.82) is 0 Å². The highest BCUT2D eigenvalue weighted by Gasteiger charge is 2.43. The normalized spacial score (nSPS) is 25.3. The van der Waals surface area contributed by atoms with E-state index in [1.165, 1.54) is 0 Å². The minimum atomic E-state index is -1.80. The average molecular weight is 286 g/mol. The molecule has 1 rings (SSSR count). The molecule has 0 aromatic rings. The molecule has 0 amide bonds. The first-order valence-corrected chi connectivity index (χ1v) is 10.00. The molecule has 1 aliphatic rings. The van der Waals surface area contributed by atoms with Crippen molar-refractivity contribution >= 4 is 8.32 Å². The van der Waals surface area contributed by atoms with E-state index in [1.807, 2.05) is 19.9 Å². The van der Waals surface area contributed by atoms with Gasteiger partial charge in [-0.2, -0.15) is 0 Å². The molecule has 0 aliphatic carbocycles. The van der Waals surface area contributed by atoms with Gasteiger partial charge in [-0.1, -0.05) is 26.8 Å². The number of rotatable bonds is 5. The van der Waals surface area contributed by atoms with Crippen molar-refractivity contribution in [3.8, 4) is 0 Å². The summed E-state index contributed by atoms with van der Waals surface area (Å²) in [5.74, 6) is -0.499. The van der Waals surface area contributed by atoms with Gasteiger partial charge in [0.25, 0.3) is 0 Å². The lowest BCUT2D eigenvalue weighted by atomic mass is 10.1. The van der Waals surface area contributed by atoms with Gasteiger partial charge in [-0.25, -0.2) is 0 Å². The number of ether oxygens (including phenoxy) is 2. The van der Waals surface area contributed by atoms with Gasteiger partial charge in [0.2, 0.25) is 0 Å². The summed E-state index contributed by atoms with van der Waals surface area (Å²) < 4.78 is 18.1. The molecule has 3 nitrogen and oxygen atoms in total. The molecule has 1 fully saturated rings. The Morgan fingerprint density at radius 3 is 2.37 bits per heavy atom. The summed E-state index contributed by atoms with van der Waals surface area (Å²) in [5.41, 5.74) is 0. The number of hydrogen-bond acceptors (Lipinski definition) is 3. The molecule has 0 saturated carbocycles. The predicted octanol–water partition coefficient (Wildman–Crippen LogP) is 4.10. The Morgan fingerprint density at radius 2 is 2.00 bits per heavy atom. The summed E-state index contributed by atoms with van der Waals surface area (Å²) in [6.45, 7) is 19.6. The van der Waals surface area contributed by atoms with E-state index in [0.29, 0.717) is 6.61 Å². The van der Waals surface area contributed by atoms with Crippen molar-refractivity contribution in [2.45, 2.75) is 77.2 Å². The highest BCUT2D eigenvalue weighted by molar-refractivity contribution is 6.74. The fourth-order valence-electron chi connectivity index (χ4n) is 1.89. The van der Waals surface area contributed by atoms with Gasteiger partial charge < -0.3 is 13.9 Å². The minimum absolute atomic E-state index is 0.00197. The second-order valence-corrected chi connectivity index (χ2v) is 12.1. The molecular weight excluding hydrogens is 256 g/mol. The largest absolute Gasteiger partial charge is 0.411 e. The molecule has 1 aliphatic heterocycles. The minimum Gasteiger partial charge on any atom is -0.411 e. The first-order chi connectivity index (χ1) is 8.48. The van der Waals surface area contributed by atoms with Crippen molar-refractivity contribution in [2.75, 3.05) is 6.61 Å². The first-order valence-electron chi connectivity index (χ1n) is 7.09. The van der Waals surface area contributed by atoms with Gasteiger partial charge in [0, 0.05) is 0 Å². The second-order valence-electron chi connectivity index (χ2n) is 7.31. The molecule has 2 atom stereocenters. The molecule has 112 valence electrons. The third-order valence-corrected chi connectivity index (χ3v) is 8.60. The van der Waals surface area contributed by atoms with Crippen LogP contribution in [0.2, 0.25) is 18.1 Å². The molecule has 1 unspecified atom stereocenters. The third kappa shape index (κ3) is 4.41. The third-order valence-electron chi connectivity index (χ3n) is 4.10. The molecule has 4 heteroatoms. The summed E-state index contributed by atoms with van der Waals surface area (Å²) in [5, 5.41) is 0.196. The van der Waals surface area contributed by atoms with Crippen molar-refractivity contribution in [2.24, 2.45) is 0 Å². The topological polar surface area (TPSA) is 27.7 Å². The fourth-order valence-corrected chi connectivity index (χ4v) is 3.25. The molecule has 1 heterocycles. The van der Waals surface area contributed by atoms with E-state index in [-0.39, 0.29) is 17.2 Å². The van der Waals surface area contributed by atoms with Crippen molar-refractivity contribution in [3.05, 3.63) is 12.7 Å². The molecule has 0 aromatic carbocycles. The molecule has 0 aromatic heterocycles. The lowest BCUT2D eigenvalue weighted by molar-refractivity contribution is -0.149. The maximum Gasteiger partial charge on any atom is 0.192 e. The molecular formula is C15H30O3Si. The van der Waals surface area contributed by atoms with Gasteiger partial charge in [-0.05, 0) is 38.4 Å². The van der Waals surface area contributed by atoms with Crippen LogP contribution in [0.25, 0.3) is 0 Å².